The van der Waals surface area contributed by atoms with E-state index in [1.165, 1.54) is 49.6 Å². The van der Waals surface area contributed by atoms with Crippen molar-refractivity contribution in [2.24, 2.45) is 11.3 Å². The zero-order chi connectivity index (χ0) is 49.4. The topological polar surface area (TPSA) is 214 Å². The molecule has 1 spiro atoms. The molecular weight excluding hydrogens is 920 g/mol. The first kappa shape index (κ1) is 49.1. The fraction of sp³-hybridized carbons (Fsp3) is 0.510. The van der Waals surface area contributed by atoms with Gasteiger partial charge in [0.2, 0.25) is 5.82 Å². The van der Waals surface area contributed by atoms with Gasteiger partial charge in [0, 0.05) is 76.0 Å². The van der Waals surface area contributed by atoms with Crippen LogP contribution in [-0.4, -0.2) is 109 Å². The van der Waals surface area contributed by atoms with Crippen LogP contribution in [0.2, 0.25) is 0 Å². The molecule has 4 aliphatic rings. The van der Waals surface area contributed by atoms with Crippen molar-refractivity contribution in [1.82, 2.24) is 24.6 Å². The van der Waals surface area contributed by atoms with E-state index in [1.807, 2.05) is 0 Å². The van der Waals surface area contributed by atoms with Gasteiger partial charge in [-0.1, -0.05) is 44.5 Å². The predicted octanol–water partition coefficient (Wildman–Crippen LogP) is 8.66. The van der Waals surface area contributed by atoms with Gasteiger partial charge < -0.3 is 34.5 Å². The number of likely N-dealkylation sites (tertiary alicyclic amines) is 1. The number of hydrogen-bond donors (Lipinski definition) is 4. The summed E-state index contributed by atoms with van der Waals surface area (Å²) in [5.41, 5.74) is 2.55. The molecule has 0 unspecified atom stereocenters. The summed E-state index contributed by atoms with van der Waals surface area (Å²) in [7, 11) is -3.23. The van der Waals surface area contributed by atoms with Crippen LogP contribution in [0, 0.1) is 27.3 Å². The van der Waals surface area contributed by atoms with Crippen LogP contribution in [0.4, 0.5) is 21.6 Å². The number of pyridine rings is 2. The number of carbonyl (C=O) groups excluding carboxylic acids is 1. The molecule has 5 aromatic rings. The quantitative estimate of drug-likeness (QED) is 0.0390. The largest absolute Gasteiger partial charge is 0.473 e. The average molecular weight is 983 g/mol. The summed E-state index contributed by atoms with van der Waals surface area (Å²) in [6.07, 6.45) is 10.3. The SMILES string of the molecule is COCCOc1nc2[nH]cc(F)c2cc1Oc1cc(N2CCC3(CC2)CN([C@H]2CCC[C@H]2c2ccccc2C(C)C)C3)ccc1C(=O)NS(=O)(=O)c1cnc(NCC2CCC(C)(O)CC2)c([N+](=O)[O-])c1. The third-order valence-electron chi connectivity index (χ3n) is 15.1. The Morgan fingerprint density at radius 1 is 1.03 bits per heavy atom. The summed E-state index contributed by atoms with van der Waals surface area (Å²) in [6, 6.07) is 16.6. The Kier molecular flexibility index (Phi) is 14.1. The summed E-state index contributed by atoms with van der Waals surface area (Å²) in [5.74, 6) is -0.778. The molecule has 2 aliphatic carbocycles. The van der Waals surface area contributed by atoms with Gasteiger partial charge in [-0.15, -0.1) is 0 Å². The zero-order valence-electron chi connectivity index (χ0n) is 40.2. The number of anilines is 2. The van der Waals surface area contributed by atoms with Gasteiger partial charge in [-0.3, -0.25) is 19.8 Å². The van der Waals surface area contributed by atoms with Gasteiger partial charge >= 0.3 is 5.69 Å². The first-order valence-corrected chi connectivity index (χ1v) is 25.9. The molecule has 0 radical (unpaired) electrons. The highest BCUT2D eigenvalue weighted by Gasteiger charge is 2.49. The molecule has 2 atom stereocenters. The Labute approximate surface area is 407 Å². The Hall–Kier alpha value is -5.89. The molecule has 3 aromatic heterocycles. The van der Waals surface area contributed by atoms with Gasteiger partial charge in [-0.2, -0.15) is 4.98 Å². The Balaban J connectivity index is 0.945. The van der Waals surface area contributed by atoms with Crippen LogP contribution in [0.25, 0.3) is 11.0 Å². The van der Waals surface area contributed by atoms with E-state index >= 15 is 0 Å². The number of rotatable bonds is 17. The third-order valence-corrected chi connectivity index (χ3v) is 16.4. The first-order valence-electron chi connectivity index (χ1n) is 24.4. The molecule has 5 heterocycles. The van der Waals surface area contributed by atoms with Crippen molar-refractivity contribution in [2.75, 3.05) is 63.3 Å². The molecule has 374 valence electrons. The lowest BCUT2D eigenvalue weighted by Crippen LogP contribution is -2.63. The lowest BCUT2D eigenvalue weighted by atomic mass is 9.70. The van der Waals surface area contributed by atoms with Crippen LogP contribution in [0.5, 0.6) is 17.4 Å². The number of aromatic nitrogens is 3. The zero-order valence-corrected chi connectivity index (χ0v) is 41.0. The van der Waals surface area contributed by atoms with Crippen LogP contribution in [0.15, 0.2) is 71.9 Å². The standard InChI is InChI=1S/C51H63FN8O9S/c1-32(2)36-8-5-6-9-37(36)38-10-7-11-42(38)59-30-51(31-59)18-20-58(21-19-51)34-12-13-39(44(24-34)69-45-26-40-41(52)29-55-46(40)56-49(45)68-23-22-67-4)48(61)57-70(65,66)35-25-43(60(63)64)47(54-28-35)53-27-33-14-16-50(3,62)17-15-33/h5-6,8-9,12-13,24-26,28-29,32-33,38,42,62H,7,10-11,14-23,27,30-31H2,1-4H3,(H,53,54)(H,55,56)(H,57,61)/t33?,38-,42-,50?/m0/s1. The van der Waals surface area contributed by atoms with Crippen LogP contribution in [-0.2, 0) is 14.8 Å². The normalized spacial score (nSPS) is 22.6. The van der Waals surface area contributed by atoms with Crippen LogP contribution < -0.4 is 24.4 Å². The molecule has 19 heteroatoms. The van der Waals surface area contributed by atoms with Crippen molar-refractivity contribution in [1.29, 1.82) is 0 Å². The number of hydrogen-bond acceptors (Lipinski definition) is 14. The van der Waals surface area contributed by atoms with Gasteiger partial charge in [0.15, 0.2) is 5.75 Å². The Bertz CT molecular complexity index is 2830. The molecule has 17 nitrogen and oxygen atoms in total. The highest BCUT2D eigenvalue weighted by Crippen LogP contribution is 2.49. The molecule has 2 aliphatic heterocycles. The lowest BCUT2D eigenvalue weighted by Gasteiger charge is -2.57. The van der Waals surface area contributed by atoms with Gasteiger partial charge in [-0.25, -0.2) is 22.5 Å². The van der Waals surface area contributed by atoms with Crippen molar-refractivity contribution < 1.29 is 41.8 Å². The van der Waals surface area contributed by atoms with Gasteiger partial charge in [0.1, 0.15) is 28.7 Å². The number of aliphatic hydroxyl groups is 1. The monoisotopic (exact) mass is 982 g/mol. The maximum Gasteiger partial charge on any atom is 0.312 e. The maximum absolute atomic E-state index is 15.0. The molecule has 9 rings (SSSR count). The number of aromatic amines is 1. The van der Waals surface area contributed by atoms with Crippen LogP contribution in [0.3, 0.4) is 0 Å². The average Bonchev–Trinajstić information content (AvgIpc) is 3.96. The number of nitrogens with one attached hydrogen (secondary N) is 3. The number of carbonyl (C=O) groups is 1. The number of nitro groups is 1. The van der Waals surface area contributed by atoms with Crippen molar-refractivity contribution in [3.63, 3.8) is 0 Å². The number of nitrogens with zero attached hydrogens (tertiary/aromatic N) is 5. The Morgan fingerprint density at radius 3 is 2.51 bits per heavy atom. The number of benzene rings is 2. The molecular formula is C51H63FN8O9S. The van der Waals surface area contributed by atoms with Crippen molar-refractivity contribution in [3.8, 4) is 17.4 Å². The molecule has 2 saturated heterocycles. The van der Waals surface area contributed by atoms with Crippen molar-refractivity contribution >= 4 is 44.2 Å². The summed E-state index contributed by atoms with van der Waals surface area (Å²) in [6.45, 7) is 10.5. The van der Waals surface area contributed by atoms with E-state index < -0.39 is 42.9 Å². The summed E-state index contributed by atoms with van der Waals surface area (Å²) in [4.78, 5) is 41.3. The van der Waals surface area contributed by atoms with E-state index in [1.54, 1.807) is 19.1 Å². The summed E-state index contributed by atoms with van der Waals surface area (Å²) < 4.78 is 62.2. The van der Waals surface area contributed by atoms with Crippen molar-refractivity contribution in [2.45, 2.75) is 107 Å². The van der Waals surface area contributed by atoms with Crippen LogP contribution in [0.1, 0.15) is 112 Å². The van der Waals surface area contributed by atoms with Gasteiger partial charge in [-0.05, 0) is 105 Å². The minimum absolute atomic E-state index is 0.0233. The number of methoxy groups -OCH3 is 1. The minimum atomic E-state index is -4.74. The van der Waals surface area contributed by atoms with Gasteiger partial charge in [0.05, 0.1) is 34.3 Å². The number of piperidine rings is 1. The van der Waals surface area contributed by atoms with Crippen LogP contribution >= 0.6 is 0 Å². The maximum atomic E-state index is 15.0. The van der Waals surface area contributed by atoms with E-state index in [-0.39, 0.29) is 64.3 Å². The third kappa shape index (κ3) is 10.4. The fourth-order valence-electron chi connectivity index (χ4n) is 11.0. The number of amides is 1. The predicted molar refractivity (Wildman–Crippen MR) is 263 cm³/mol. The number of sulfonamides is 1. The second-order valence-electron chi connectivity index (χ2n) is 20.3. The molecule has 1 amide bonds. The van der Waals surface area contributed by atoms with Crippen molar-refractivity contribution in [3.05, 3.63) is 99.6 Å². The molecule has 4 N–H and O–H groups in total. The van der Waals surface area contributed by atoms with E-state index in [9.17, 15) is 32.8 Å². The number of H-pyrrole nitrogens is 1. The Morgan fingerprint density at radius 2 is 1.79 bits per heavy atom. The van der Waals surface area contributed by atoms with E-state index in [2.05, 4.69) is 72.9 Å². The number of fused-ring (bicyclic) bond motifs is 1. The molecule has 4 fully saturated rings. The first-order chi connectivity index (χ1) is 33.5. The van der Waals surface area contributed by atoms with E-state index in [0.717, 1.165) is 63.2 Å². The van der Waals surface area contributed by atoms with Gasteiger partial charge in [0.25, 0.3) is 21.8 Å². The molecule has 70 heavy (non-hydrogen) atoms. The van der Waals surface area contributed by atoms with E-state index in [4.69, 9.17) is 14.2 Å². The second kappa shape index (κ2) is 20.1. The summed E-state index contributed by atoms with van der Waals surface area (Å²) in [5, 5.41) is 25.6. The number of ether oxygens (including phenoxy) is 3. The number of halogens is 1. The molecule has 0 bridgehead atoms. The summed E-state index contributed by atoms with van der Waals surface area (Å²) >= 11 is 0. The fourth-order valence-corrected chi connectivity index (χ4v) is 12.0. The second-order valence-corrected chi connectivity index (χ2v) is 22.0. The highest BCUT2D eigenvalue weighted by molar-refractivity contribution is 7.90. The minimum Gasteiger partial charge on any atom is -0.473 e. The molecule has 2 aromatic carbocycles. The molecule has 2 saturated carbocycles. The lowest BCUT2D eigenvalue weighted by molar-refractivity contribution is -0.384. The van der Waals surface area contributed by atoms with E-state index in [0.29, 0.717) is 50.1 Å². The highest BCUT2D eigenvalue weighted by atomic mass is 32.2. The smallest absolute Gasteiger partial charge is 0.312 e.